The number of carbonyl (C=O) groups is 1. The monoisotopic (exact) mass is 375 g/mol. The Morgan fingerprint density at radius 2 is 1.81 bits per heavy atom. The third-order valence-electron chi connectivity index (χ3n) is 3.99. The molecule has 3 aromatic carbocycles. The molecule has 0 saturated carbocycles. The number of hydrogen-bond acceptors (Lipinski definition) is 5. The molecule has 7 heteroatoms. The summed E-state index contributed by atoms with van der Waals surface area (Å²) in [5.41, 5.74) is 1.32. The average molecular weight is 375 g/mol. The highest BCUT2D eigenvalue weighted by Gasteiger charge is 2.24. The Hall–Kier alpha value is -3.45. The Morgan fingerprint density at radius 1 is 1.00 bits per heavy atom. The summed E-state index contributed by atoms with van der Waals surface area (Å²) < 4.78 is 0. The smallest absolute Gasteiger partial charge is 0.270 e. The molecule has 1 saturated heterocycles. The van der Waals surface area contributed by atoms with Gasteiger partial charge in [0.15, 0.2) is 5.17 Å². The average Bonchev–Trinajstić information content (AvgIpc) is 3.00. The highest BCUT2D eigenvalue weighted by molar-refractivity contribution is 8.18. The molecule has 0 spiro atoms. The molecule has 4 rings (SSSR count). The summed E-state index contributed by atoms with van der Waals surface area (Å²) in [4.78, 5) is 27.6. The van der Waals surface area contributed by atoms with Crippen LogP contribution in [0.15, 0.2) is 76.6 Å². The fourth-order valence-electron chi connectivity index (χ4n) is 2.72. The van der Waals surface area contributed by atoms with E-state index < -0.39 is 4.92 Å². The molecule has 0 atom stereocenters. The Kier molecular flexibility index (Phi) is 4.43. The summed E-state index contributed by atoms with van der Waals surface area (Å²) in [7, 11) is 0. The van der Waals surface area contributed by atoms with Crippen molar-refractivity contribution < 1.29 is 9.72 Å². The van der Waals surface area contributed by atoms with E-state index in [2.05, 4.69) is 10.3 Å². The summed E-state index contributed by atoms with van der Waals surface area (Å²) >= 11 is 1.21. The molecule has 1 aliphatic heterocycles. The predicted molar refractivity (Wildman–Crippen MR) is 108 cm³/mol. The lowest BCUT2D eigenvalue weighted by molar-refractivity contribution is -0.384. The second kappa shape index (κ2) is 7.05. The van der Waals surface area contributed by atoms with Gasteiger partial charge in [-0.2, -0.15) is 0 Å². The van der Waals surface area contributed by atoms with E-state index in [0.29, 0.717) is 15.6 Å². The number of amides is 1. The first kappa shape index (κ1) is 17.0. The highest BCUT2D eigenvalue weighted by atomic mass is 32.2. The zero-order valence-electron chi connectivity index (χ0n) is 14.0. The minimum Gasteiger partial charge on any atom is -0.300 e. The van der Waals surface area contributed by atoms with Crippen molar-refractivity contribution >= 4 is 51.1 Å². The van der Waals surface area contributed by atoms with Crippen molar-refractivity contribution in [1.82, 2.24) is 5.32 Å². The van der Waals surface area contributed by atoms with Gasteiger partial charge in [-0.3, -0.25) is 14.9 Å². The van der Waals surface area contributed by atoms with Crippen LogP contribution in [0.4, 0.5) is 11.4 Å². The van der Waals surface area contributed by atoms with Gasteiger partial charge in [0.2, 0.25) is 0 Å². The molecule has 1 heterocycles. The number of aliphatic imine (C=N–C) groups is 1. The van der Waals surface area contributed by atoms with Crippen molar-refractivity contribution in [1.29, 1.82) is 0 Å². The van der Waals surface area contributed by atoms with Crippen LogP contribution in [0.1, 0.15) is 5.56 Å². The van der Waals surface area contributed by atoms with Crippen LogP contribution in [0.2, 0.25) is 0 Å². The van der Waals surface area contributed by atoms with Crippen molar-refractivity contribution in [3.8, 4) is 0 Å². The van der Waals surface area contributed by atoms with Crippen molar-refractivity contribution in [2.24, 2.45) is 4.99 Å². The molecule has 0 radical (unpaired) electrons. The van der Waals surface area contributed by atoms with Gasteiger partial charge in [-0.05, 0) is 46.3 Å². The molecule has 132 valence electrons. The SMILES string of the molecule is O=C1NC(=Nc2ccc3ccccc3c2)S/C1=C\c1cccc([N+](=O)[O-])c1. The van der Waals surface area contributed by atoms with Crippen molar-refractivity contribution in [2.45, 2.75) is 0 Å². The van der Waals surface area contributed by atoms with Gasteiger partial charge in [0.25, 0.3) is 11.6 Å². The Balaban J connectivity index is 1.60. The number of nitro benzene ring substituents is 1. The maximum atomic E-state index is 12.2. The minimum absolute atomic E-state index is 0.0159. The molecule has 0 unspecified atom stereocenters. The van der Waals surface area contributed by atoms with Gasteiger partial charge in [-0.25, -0.2) is 4.99 Å². The fourth-order valence-corrected chi connectivity index (χ4v) is 3.57. The first-order valence-corrected chi connectivity index (χ1v) is 8.93. The molecule has 0 bridgehead atoms. The quantitative estimate of drug-likeness (QED) is 0.411. The molecule has 0 aliphatic carbocycles. The summed E-state index contributed by atoms with van der Waals surface area (Å²) in [5, 5.41) is 16.3. The number of non-ortho nitro benzene ring substituents is 1. The van der Waals surface area contributed by atoms with E-state index in [9.17, 15) is 14.9 Å². The topological polar surface area (TPSA) is 84.6 Å². The molecular weight excluding hydrogens is 362 g/mol. The summed E-state index contributed by atoms with van der Waals surface area (Å²) in [6, 6.07) is 20.0. The maximum Gasteiger partial charge on any atom is 0.270 e. The summed E-state index contributed by atoms with van der Waals surface area (Å²) in [6.45, 7) is 0. The van der Waals surface area contributed by atoms with Crippen LogP contribution < -0.4 is 5.32 Å². The summed E-state index contributed by atoms with van der Waals surface area (Å²) in [6.07, 6.45) is 1.62. The Bertz CT molecular complexity index is 1140. The van der Waals surface area contributed by atoms with Crippen LogP contribution in [0.25, 0.3) is 16.8 Å². The van der Waals surface area contributed by atoms with Crippen LogP contribution in [0.3, 0.4) is 0 Å². The molecular formula is C20H13N3O3S. The highest BCUT2D eigenvalue weighted by Crippen LogP contribution is 2.29. The maximum absolute atomic E-state index is 12.2. The zero-order valence-corrected chi connectivity index (χ0v) is 14.8. The molecule has 1 aliphatic rings. The Labute approximate surface area is 158 Å². The van der Waals surface area contributed by atoms with E-state index >= 15 is 0 Å². The van der Waals surface area contributed by atoms with Gasteiger partial charge in [-0.1, -0.05) is 42.5 Å². The fraction of sp³-hybridized carbons (Fsp3) is 0. The van der Waals surface area contributed by atoms with Crippen LogP contribution in [0.5, 0.6) is 0 Å². The number of nitro groups is 1. The van der Waals surface area contributed by atoms with Gasteiger partial charge in [-0.15, -0.1) is 0 Å². The number of amidine groups is 1. The van der Waals surface area contributed by atoms with Crippen LogP contribution >= 0.6 is 11.8 Å². The lowest BCUT2D eigenvalue weighted by atomic mass is 10.1. The van der Waals surface area contributed by atoms with Crippen molar-refractivity contribution in [2.75, 3.05) is 0 Å². The molecule has 0 aromatic heterocycles. The van der Waals surface area contributed by atoms with E-state index in [4.69, 9.17) is 0 Å². The van der Waals surface area contributed by atoms with Gasteiger partial charge in [0.05, 0.1) is 15.5 Å². The Morgan fingerprint density at radius 3 is 2.63 bits per heavy atom. The van der Waals surface area contributed by atoms with Gasteiger partial charge in [0, 0.05) is 12.1 Å². The van der Waals surface area contributed by atoms with Crippen molar-refractivity contribution in [3.05, 3.63) is 87.3 Å². The lowest BCUT2D eigenvalue weighted by Gasteiger charge is -2.00. The molecule has 3 aromatic rings. The number of carbonyl (C=O) groups excluding carboxylic acids is 1. The van der Waals surface area contributed by atoms with E-state index in [1.165, 1.54) is 23.9 Å². The predicted octanol–water partition coefficient (Wildman–Crippen LogP) is 4.64. The van der Waals surface area contributed by atoms with Crippen LogP contribution in [-0.4, -0.2) is 16.0 Å². The largest absolute Gasteiger partial charge is 0.300 e. The molecule has 6 nitrogen and oxygen atoms in total. The van der Waals surface area contributed by atoms with E-state index in [-0.39, 0.29) is 11.6 Å². The number of nitrogens with one attached hydrogen (secondary N) is 1. The molecule has 1 amide bonds. The van der Waals surface area contributed by atoms with Gasteiger partial charge < -0.3 is 5.32 Å². The number of nitrogens with zero attached hydrogens (tertiary/aromatic N) is 2. The summed E-state index contributed by atoms with van der Waals surface area (Å²) in [5.74, 6) is -0.272. The normalized spacial score (nSPS) is 16.8. The third kappa shape index (κ3) is 3.73. The van der Waals surface area contributed by atoms with E-state index in [0.717, 1.165) is 16.5 Å². The molecule has 27 heavy (non-hydrogen) atoms. The third-order valence-corrected chi connectivity index (χ3v) is 4.90. The number of thioether (sulfide) groups is 1. The van der Waals surface area contributed by atoms with E-state index in [1.807, 2.05) is 42.5 Å². The number of rotatable bonds is 3. The number of fused-ring (bicyclic) bond motifs is 1. The second-order valence-corrected chi connectivity index (χ2v) is 6.90. The van der Waals surface area contributed by atoms with Crippen molar-refractivity contribution in [3.63, 3.8) is 0 Å². The van der Waals surface area contributed by atoms with E-state index in [1.54, 1.807) is 18.2 Å². The first-order valence-electron chi connectivity index (χ1n) is 8.11. The van der Waals surface area contributed by atoms with Gasteiger partial charge in [0.1, 0.15) is 0 Å². The van der Waals surface area contributed by atoms with Crippen LogP contribution in [-0.2, 0) is 4.79 Å². The number of benzene rings is 3. The second-order valence-electron chi connectivity index (χ2n) is 5.87. The number of hydrogen-bond donors (Lipinski definition) is 1. The molecule has 1 fully saturated rings. The van der Waals surface area contributed by atoms with Crippen LogP contribution in [0, 0.1) is 10.1 Å². The zero-order chi connectivity index (χ0) is 18.8. The van der Waals surface area contributed by atoms with Gasteiger partial charge >= 0.3 is 0 Å². The first-order chi connectivity index (χ1) is 13.1. The standard InChI is InChI=1S/C20H13N3O3S/c24-19-18(11-13-4-3-7-17(10-13)23(25)26)27-20(22-19)21-16-9-8-14-5-1-2-6-15(14)12-16/h1-12H,(H,21,22,24)/b18-11-. The lowest BCUT2D eigenvalue weighted by Crippen LogP contribution is -2.19. The molecule has 1 N–H and O–H groups in total. The minimum atomic E-state index is -0.462.